The molecule has 28 heavy (non-hydrogen) atoms. The zero-order valence-corrected chi connectivity index (χ0v) is 20.4. The first kappa shape index (κ1) is 25.9. The van der Waals surface area contributed by atoms with Gasteiger partial charge in [-0.15, -0.1) is 23.5 Å². The monoisotopic (exact) mass is 424 g/mol. The lowest BCUT2D eigenvalue weighted by molar-refractivity contribution is 0.165. The van der Waals surface area contributed by atoms with Crippen molar-refractivity contribution in [3.05, 3.63) is 34.1 Å². The van der Waals surface area contributed by atoms with Crippen LogP contribution in [0.4, 0.5) is 0 Å². The Morgan fingerprint density at radius 3 is 1.93 bits per heavy atom. The van der Waals surface area contributed by atoms with E-state index in [1.54, 1.807) is 0 Å². The molecule has 0 fully saturated rings. The van der Waals surface area contributed by atoms with Crippen molar-refractivity contribution in [3.63, 3.8) is 0 Å². The summed E-state index contributed by atoms with van der Waals surface area (Å²) in [5, 5.41) is 4.75. The first-order chi connectivity index (χ1) is 13.8. The second-order valence-corrected chi connectivity index (χ2v) is 9.81. The molecule has 3 heteroatoms. The van der Waals surface area contributed by atoms with Gasteiger partial charge in [-0.2, -0.15) is 0 Å². The van der Waals surface area contributed by atoms with Gasteiger partial charge >= 0.3 is 0 Å². The van der Waals surface area contributed by atoms with Crippen LogP contribution in [0.25, 0.3) is 0 Å². The number of hydrogen-bond acceptors (Lipinski definition) is 3. The third kappa shape index (κ3) is 13.2. The standard InChI is InChI=1S/C25H44OS2/c1-4-6-8-10-12-14-18-27-21-23-16-17-25(26-3)24(20-23)22-28-19-15-13-11-9-7-5-2/h16-17,21-22,25H,4-15,18-20H2,1-3H3. The molecule has 0 amide bonds. The molecule has 0 aromatic carbocycles. The van der Waals surface area contributed by atoms with Crippen LogP contribution < -0.4 is 0 Å². The van der Waals surface area contributed by atoms with Crippen LogP contribution in [-0.2, 0) is 4.74 Å². The van der Waals surface area contributed by atoms with Crippen molar-refractivity contribution < 1.29 is 4.74 Å². The predicted octanol–water partition coefficient (Wildman–Crippen LogP) is 8.92. The Morgan fingerprint density at radius 1 is 0.821 bits per heavy atom. The van der Waals surface area contributed by atoms with E-state index in [1.807, 2.05) is 30.6 Å². The maximum absolute atomic E-state index is 5.66. The Kier molecular flexibility index (Phi) is 17.5. The quantitative estimate of drug-likeness (QED) is 0.216. The average Bonchev–Trinajstić information content (AvgIpc) is 2.72. The van der Waals surface area contributed by atoms with Crippen molar-refractivity contribution in [1.29, 1.82) is 0 Å². The fraction of sp³-hybridized carbons (Fsp3) is 0.760. The van der Waals surface area contributed by atoms with E-state index in [0.717, 1.165) is 6.42 Å². The van der Waals surface area contributed by atoms with Gasteiger partial charge in [0.05, 0.1) is 6.10 Å². The van der Waals surface area contributed by atoms with Gasteiger partial charge in [-0.1, -0.05) is 90.2 Å². The Balaban J connectivity index is 2.25. The Hall–Kier alpha value is -0.120. The highest BCUT2D eigenvalue weighted by Crippen LogP contribution is 2.29. The summed E-state index contributed by atoms with van der Waals surface area (Å²) in [5.41, 5.74) is 2.86. The van der Waals surface area contributed by atoms with Crippen molar-refractivity contribution in [2.75, 3.05) is 18.6 Å². The average molecular weight is 425 g/mol. The lowest BCUT2D eigenvalue weighted by atomic mass is 9.96. The summed E-state index contributed by atoms with van der Waals surface area (Å²) in [5.74, 6) is 2.49. The molecular formula is C25H44OS2. The van der Waals surface area contributed by atoms with Crippen molar-refractivity contribution in [2.45, 2.75) is 103 Å². The zero-order valence-electron chi connectivity index (χ0n) is 18.7. The van der Waals surface area contributed by atoms with Gasteiger partial charge in [0.15, 0.2) is 0 Å². The second kappa shape index (κ2) is 18.9. The van der Waals surface area contributed by atoms with Crippen LogP contribution in [-0.4, -0.2) is 24.7 Å². The Morgan fingerprint density at radius 2 is 1.36 bits per heavy atom. The topological polar surface area (TPSA) is 9.23 Å². The summed E-state index contributed by atoms with van der Waals surface area (Å²) in [6, 6.07) is 0. The predicted molar refractivity (Wildman–Crippen MR) is 132 cm³/mol. The molecular weight excluding hydrogens is 380 g/mol. The van der Waals surface area contributed by atoms with E-state index >= 15 is 0 Å². The van der Waals surface area contributed by atoms with Gasteiger partial charge < -0.3 is 4.74 Å². The van der Waals surface area contributed by atoms with Gasteiger partial charge in [-0.3, -0.25) is 0 Å². The van der Waals surface area contributed by atoms with Crippen LogP contribution >= 0.6 is 23.5 Å². The third-order valence-electron chi connectivity index (χ3n) is 5.21. The van der Waals surface area contributed by atoms with Crippen LogP contribution in [0, 0.1) is 0 Å². The summed E-state index contributed by atoms with van der Waals surface area (Å²) in [4.78, 5) is 0. The highest BCUT2D eigenvalue weighted by molar-refractivity contribution is 8.02. The third-order valence-corrected chi connectivity index (χ3v) is 7.20. The molecule has 0 aliphatic heterocycles. The molecule has 0 spiro atoms. The van der Waals surface area contributed by atoms with E-state index in [9.17, 15) is 0 Å². The van der Waals surface area contributed by atoms with Gasteiger partial charge in [0.2, 0.25) is 0 Å². The van der Waals surface area contributed by atoms with Gasteiger partial charge in [-0.05, 0) is 52.7 Å². The molecule has 0 heterocycles. The summed E-state index contributed by atoms with van der Waals surface area (Å²) >= 11 is 3.96. The van der Waals surface area contributed by atoms with Crippen LogP contribution in [0.1, 0.15) is 97.3 Å². The fourth-order valence-electron chi connectivity index (χ4n) is 3.41. The molecule has 1 unspecified atom stereocenters. The molecule has 0 aromatic rings. The number of methoxy groups -OCH3 is 1. The molecule has 1 nitrogen and oxygen atoms in total. The van der Waals surface area contributed by atoms with Crippen molar-refractivity contribution in [1.82, 2.24) is 0 Å². The van der Waals surface area contributed by atoms with Gasteiger partial charge in [0.25, 0.3) is 0 Å². The van der Waals surface area contributed by atoms with Crippen molar-refractivity contribution in [2.24, 2.45) is 0 Å². The van der Waals surface area contributed by atoms with E-state index in [1.165, 1.54) is 99.7 Å². The normalized spacial score (nSPS) is 19.8. The van der Waals surface area contributed by atoms with E-state index in [2.05, 4.69) is 36.8 Å². The van der Waals surface area contributed by atoms with Crippen LogP contribution in [0.5, 0.6) is 0 Å². The Labute approximate surface area is 184 Å². The number of hydrogen-bond donors (Lipinski definition) is 0. The maximum Gasteiger partial charge on any atom is 0.0977 e. The van der Waals surface area contributed by atoms with Crippen LogP contribution in [0.15, 0.2) is 34.1 Å². The van der Waals surface area contributed by atoms with E-state index in [-0.39, 0.29) is 6.10 Å². The lowest BCUT2D eigenvalue weighted by Gasteiger charge is -2.21. The van der Waals surface area contributed by atoms with Crippen molar-refractivity contribution >= 4 is 23.5 Å². The molecule has 0 aromatic heterocycles. The molecule has 1 aliphatic rings. The van der Waals surface area contributed by atoms with E-state index in [4.69, 9.17) is 4.74 Å². The minimum Gasteiger partial charge on any atom is -0.373 e. The number of thioether (sulfide) groups is 2. The number of unbranched alkanes of at least 4 members (excludes halogenated alkanes) is 10. The SMILES string of the molecule is CCCCCCCCSC=C1C=CC(OC)C(=CSCCCCCCCC)C1. The first-order valence-electron chi connectivity index (χ1n) is 11.6. The second-order valence-electron chi connectivity index (χ2n) is 7.85. The van der Waals surface area contributed by atoms with E-state index < -0.39 is 0 Å². The minimum absolute atomic E-state index is 0.165. The molecule has 162 valence electrons. The largest absolute Gasteiger partial charge is 0.373 e. The molecule has 0 bridgehead atoms. The molecule has 0 radical (unpaired) electrons. The molecule has 0 saturated heterocycles. The smallest absolute Gasteiger partial charge is 0.0977 e. The summed E-state index contributed by atoms with van der Waals surface area (Å²) in [7, 11) is 1.82. The van der Waals surface area contributed by atoms with Gasteiger partial charge in [-0.25, -0.2) is 0 Å². The maximum atomic E-state index is 5.66. The zero-order chi connectivity index (χ0) is 20.3. The number of ether oxygens (including phenoxy) is 1. The highest BCUT2D eigenvalue weighted by Gasteiger charge is 2.16. The van der Waals surface area contributed by atoms with Crippen LogP contribution in [0.3, 0.4) is 0 Å². The number of rotatable bonds is 17. The first-order valence-corrected chi connectivity index (χ1v) is 13.7. The highest BCUT2D eigenvalue weighted by atomic mass is 32.2. The van der Waals surface area contributed by atoms with Crippen molar-refractivity contribution in [3.8, 4) is 0 Å². The van der Waals surface area contributed by atoms with E-state index in [0.29, 0.717) is 0 Å². The summed E-state index contributed by atoms with van der Waals surface area (Å²) < 4.78 is 5.66. The molecule has 0 N–H and O–H groups in total. The van der Waals surface area contributed by atoms with Gasteiger partial charge in [0, 0.05) is 7.11 Å². The molecule has 1 aliphatic carbocycles. The van der Waals surface area contributed by atoms with Crippen LogP contribution in [0.2, 0.25) is 0 Å². The lowest BCUT2D eigenvalue weighted by Crippen LogP contribution is -2.14. The number of allylic oxidation sites excluding steroid dienone is 2. The summed E-state index contributed by atoms with van der Waals surface area (Å²) in [6.07, 6.45) is 22.2. The molecule has 0 saturated carbocycles. The van der Waals surface area contributed by atoms with Gasteiger partial charge in [0.1, 0.15) is 0 Å². The molecule has 1 rings (SSSR count). The minimum atomic E-state index is 0.165. The Bertz CT molecular complexity index is 453. The summed E-state index contributed by atoms with van der Waals surface area (Å²) in [6.45, 7) is 4.56. The fourth-order valence-corrected chi connectivity index (χ4v) is 5.20. The molecule has 1 atom stereocenters.